The van der Waals surface area contributed by atoms with Crippen LogP contribution in [0.3, 0.4) is 0 Å². The van der Waals surface area contributed by atoms with E-state index in [2.05, 4.69) is 22.4 Å². The molecule has 3 rings (SSSR count). The summed E-state index contributed by atoms with van der Waals surface area (Å²) < 4.78 is 0. The highest BCUT2D eigenvalue weighted by Gasteiger charge is 2.16. The number of hydrogen-bond acceptors (Lipinski definition) is 2. The maximum absolute atomic E-state index is 6.14. The third-order valence-corrected chi connectivity index (χ3v) is 3.21. The quantitative estimate of drug-likeness (QED) is 0.876. The smallest absolute Gasteiger partial charge is 0.146 e. The number of hydrogen-bond donors (Lipinski definition) is 1. The van der Waals surface area contributed by atoms with Gasteiger partial charge < -0.3 is 5.32 Å². The second kappa shape index (κ2) is 5.29. The third kappa shape index (κ3) is 2.69. The lowest BCUT2D eigenvalue weighted by Gasteiger charge is -2.22. The first-order chi connectivity index (χ1) is 9.33. The molecular weight excluding hydrogens is 256 g/mol. The summed E-state index contributed by atoms with van der Waals surface area (Å²) in [6.45, 7) is 0. The summed E-state index contributed by atoms with van der Waals surface area (Å²) in [4.78, 5) is 4.42. The highest BCUT2D eigenvalue weighted by Crippen LogP contribution is 2.24. The predicted octanol–water partition coefficient (Wildman–Crippen LogP) is 3.97. The summed E-state index contributed by atoms with van der Waals surface area (Å²) >= 11 is 6.14. The largest absolute Gasteiger partial charge is 0.359 e. The SMILES string of the molecule is ClC1=NC(c2ccccc2)NC(c2ccccc2)=C1. The molecule has 2 aromatic carbocycles. The zero-order valence-corrected chi connectivity index (χ0v) is 11.0. The van der Waals surface area contributed by atoms with Gasteiger partial charge in [0, 0.05) is 5.70 Å². The van der Waals surface area contributed by atoms with E-state index in [1.54, 1.807) is 0 Å². The van der Waals surface area contributed by atoms with Crippen molar-refractivity contribution in [2.75, 3.05) is 0 Å². The van der Waals surface area contributed by atoms with Gasteiger partial charge in [-0.15, -0.1) is 0 Å². The summed E-state index contributed by atoms with van der Waals surface area (Å²) in [5, 5.41) is 3.93. The second-order valence-corrected chi connectivity index (χ2v) is 4.72. The lowest BCUT2D eigenvalue weighted by Crippen LogP contribution is -2.22. The topological polar surface area (TPSA) is 24.4 Å². The van der Waals surface area contributed by atoms with E-state index in [9.17, 15) is 0 Å². The van der Waals surface area contributed by atoms with Crippen LogP contribution in [0.4, 0.5) is 0 Å². The Morgan fingerprint density at radius 1 is 0.895 bits per heavy atom. The fourth-order valence-electron chi connectivity index (χ4n) is 2.08. The van der Waals surface area contributed by atoms with Crippen molar-refractivity contribution in [2.24, 2.45) is 4.99 Å². The van der Waals surface area contributed by atoms with E-state index in [1.165, 1.54) is 0 Å². The Morgan fingerprint density at radius 3 is 2.21 bits per heavy atom. The molecule has 0 saturated carbocycles. The molecule has 0 spiro atoms. The molecule has 94 valence electrons. The van der Waals surface area contributed by atoms with Gasteiger partial charge in [0.1, 0.15) is 11.3 Å². The van der Waals surface area contributed by atoms with Gasteiger partial charge in [0.2, 0.25) is 0 Å². The van der Waals surface area contributed by atoms with Crippen LogP contribution in [0.1, 0.15) is 17.3 Å². The molecule has 0 fully saturated rings. The van der Waals surface area contributed by atoms with Gasteiger partial charge in [0.15, 0.2) is 0 Å². The molecule has 19 heavy (non-hydrogen) atoms. The van der Waals surface area contributed by atoms with Crippen LogP contribution in [0, 0.1) is 0 Å². The van der Waals surface area contributed by atoms with Crippen LogP contribution < -0.4 is 5.32 Å². The maximum Gasteiger partial charge on any atom is 0.146 e. The maximum atomic E-state index is 6.14. The van der Waals surface area contributed by atoms with E-state index in [4.69, 9.17) is 11.6 Å². The number of nitrogens with one attached hydrogen (secondary N) is 1. The highest BCUT2D eigenvalue weighted by atomic mass is 35.5. The van der Waals surface area contributed by atoms with E-state index < -0.39 is 0 Å². The first-order valence-electron chi connectivity index (χ1n) is 6.15. The molecule has 2 nitrogen and oxygen atoms in total. The van der Waals surface area contributed by atoms with Crippen LogP contribution in [0.2, 0.25) is 0 Å². The average molecular weight is 269 g/mol. The summed E-state index contributed by atoms with van der Waals surface area (Å²) in [6.07, 6.45) is 1.73. The molecule has 0 bridgehead atoms. The van der Waals surface area contributed by atoms with Crippen LogP contribution in [-0.2, 0) is 0 Å². The Hall–Kier alpha value is -2.06. The van der Waals surface area contributed by atoms with Crippen LogP contribution >= 0.6 is 11.6 Å². The summed E-state index contributed by atoms with van der Waals surface area (Å²) in [5.41, 5.74) is 3.20. The van der Waals surface area contributed by atoms with Gasteiger partial charge in [0.05, 0.1) is 0 Å². The monoisotopic (exact) mass is 268 g/mol. The van der Waals surface area contributed by atoms with Crippen LogP contribution in [0.25, 0.3) is 5.70 Å². The van der Waals surface area contributed by atoms with Crippen molar-refractivity contribution in [3.05, 3.63) is 77.9 Å². The van der Waals surface area contributed by atoms with Gasteiger partial charge in [-0.2, -0.15) is 0 Å². The second-order valence-electron chi connectivity index (χ2n) is 4.33. The number of halogens is 1. The number of rotatable bonds is 2. The highest BCUT2D eigenvalue weighted by molar-refractivity contribution is 6.69. The minimum Gasteiger partial charge on any atom is -0.359 e. The van der Waals surface area contributed by atoms with Gasteiger partial charge >= 0.3 is 0 Å². The summed E-state index contributed by atoms with van der Waals surface area (Å²) in [6, 6.07) is 20.2. The molecule has 0 radical (unpaired) electrons. The molecule has 1 N–H and O–H groups in total. The van der Waals surface area contributed by atoms with E-state index in [0.717, 1.165) is 16.8 Å². The van der Waals surface area contributed by atoms with Crippen LogP contribution in [-0.4, -0.2) is 5.17 Å². The molecule has 1 unspecified atom stereocenters. The van der Waals surface area contributed by atoms with Crippen LogP contribution in [0.5, 0.6) is 0 Å². The minimum atomic E-state index is -0.131. The standard InChI is InChI=1S/C16H13ClN2/c17-15-11-14(12-7-3-1-4-8-12)18-16(19-15)13-9-5-2-6-10-13/h1-11,16,18H. The predicted molar refractivity (Wildman–Crippen MR) is 80.0 cm³/mol. The van der Waals surface area contributed by atoms with Gasteiger partial charge in [-0.05, 0) is 17.2 Å². The number of allylic oxidation sites excluding steroid dienone is 1. The molecule has 1 aliphatic heterocycles. The molecule has 0 saturated heterocycles. The van der Waals surface area contributed by atoms with E-state index in [-0.39, 0.29) is 6.17 Å². The van der Waals surface area contributed by atoms with E-state index >= 15 is 0 Å². The lowest BCUT2D eigenvalue weighted by atomic mass is 10.1. The van der Waals surface area contributed by atoms with E-state index in [1.807, 2.05) is 54.6 Å². The Morgan fingerprint density at radius 2 is 1.53 bits per heavy atom. The van der Waals surface area contributed by atoms with Crippen LogP contribution in [0.15, 0.2) is 71.7 Å². The Kier molecular flexibility index (Phi) is 3.34. The normalized spacial score (nSPS) is 18.3. The molecule has 1 atom stereocenters. The first kappa shape index (κ1) is 12.0. The molecule has 3 heteroatoms. The Balaban J connectivity index is 1.92. The fraction of sp³-hybridized carbons (Fsp3) is 0.0625. The van der Waals surface area contributed by atoms with Gasteiger partial charge in [-0.1, -0.05) is 72.3 Å². The number of nitrogens with zero attached hydrogens (tertiary/aromatic N) is 1. The minimum absolute atomic E-state index is 0.131. The van der Waals surface area contributed by atoms with E-state index in [0.29, 0.717) is 5.17 Å². The zero-order valence-electron chi connectivity index (χ0n) is 10.3. The van der Waals surface area contributed by atoms with Crippen molar-refractivity contribution in [3.8, 4) is 0 Å². The first-order valence-corrected chi connectivity index (χ1v) is 6.52. The summed E-state index contributed by atoms with van der Waals surface area (Å²) in [7, 11) is 0. The molecule has 1 heterocycles. The van der Waals surface area contributed by atoms with Crippen molar-refractivity contribution in [2.45, 2.75) is 6.17 Å². The fourth-order valence-corrected chi connectivity index (χ4v) is 2.29. The van der Waals surface area contributed by atoms with Gasteiger partial charge in [-0.3, -0.25) is 0 Å². The van der Waals surface area contributed by atoms with Crippen molar-refractivity contribution in [1.82, 2.24) is 5.32 Å². The average Bonchev–Trinajstić information content (AvgIpc) is 2.48. The molecule has 0 amide bonds. The van der Waals surface area contributed by atoms with Crippen molar-refractivity contribution < 1.29 is 0 Å². The number of aliphatic imine (C=N–C) groups is 1. The number of benzene rings is 2. The Bertz CT molecular complexity index is 618. The van der Waals surface area contributed by atoms with Gasteiger partial charge in [-0.25, -0.2) is 4.99 Å². The third-order valence-electron chi connectivity index (χ3n) is 3.01. The zero-order chi connectivity index (χ0) is 13.1. The Labute approximate surface area is 117 Å². The lowest BCUT2D eigenvalue weighted by molar-refractivity contribution is 0.666. The molecule has 2 aromatic rings. The van der Waals surface area contributed by atoms with Gasteiger partial charge in [0.25, 0.3) is 0 Å². The molecular formula is C16H13ClN2. The molecule has 0 aromatic heterocycles. The summed E-state index contributed by atoms with van der Waals surface area (Å²) in [5.74, 6) is 0. The molecule has 0 aliphatic carbocycles. The molecule has 1 aliphatic rings. The van der Waals surface area contributed by atoms with Crippen molar-refractivity contribution >= 4 is 22.5 Å². The van der Waals surface area contributed by atoms with Crippen molar-refractivity contribution in [1.29, 1.82) is 0 Å². The van der Waals surface area contributed by atoms with Crippen molar-refractivity contribution in [3.63, 3.8) is 0 Å².